The highest BCUT2D eigenvalue weighted by molar-refractivity contribution is 7.92. The van der Waals surface area contributed by atoms with Crippen LogP contribution in [0.25, 0.3) is 0 Å². The molecule has 1 heterocycles. The summed E-state index contributed by atoms with van der Waals surface area (Å²) in [6.07, 6.45) is 1.02. The third-order valence-corrected chi connectivity index (χ3v) is 6.34. The lowest BCUT2D eigenvalue weighted by Gasteiger charge is -2.36. The van der Waals surface area contributed by atoms with Crippen LogP contribution in [0.2, 0.25) is 0 Å². The number of fused-ring (bicyclic) bond motifs is 1. The van der Waals surface area contributed by atoms with Gasteiger partial charge in [0.15, 0.2) is 9.84 Å². The number of benzene rings is 1. The van der Waals surface area contributed by atoms with E-state index < -0.39 is 9.84 Å². The molecule has 1 unspecified atom stereocenters. The topological polar surface area (TPSA) is 49.4 Å². The van der Waals surface area contributed by atoms with Crippen LogP contribution < -0.4 is 10.2 Å². The van der Waals surface area contributed by atoms with Gasteiger partial charge >= 0.3 is 0 Å². The first-order chi connectivity index (χ1) is 9.95. The maximum atomic E-state index is 12.0. The minimum atomic E-state index is -2.98. The van der Waals surface area contributed by atoms with Crippen molar-refractivity contribution in [1.29, 1.82) is 0 Å². The highest BCUT2D eigenvalue weighted by Crippen LogP contribution is 2.33. The summed E-state index contributed by atoms with van der Waals surface area (Å²) in [4.78, 5) is 2.21. The SMILES string of the molecule is CCNC1CCN(CCS(=O)(=O)C(C)C)c2ccccc21. The van der Waals surface area contributed by atoms with Crippen LogP contribution in [0.3, 0.4) is 0 Å². The van der Waals surface area contributed by atoms with Gasteiger partial charge in [-0.1, -0.05) is 25.1 Å². The van der Waals surface area contributed by atoms with E-state index in [1.807, 2.05) is 6.07 Å². The number of rotatable bonds is 6. The van der Waals surface area contributed by atoms with Crippen molar-refractivity contribution in [2.75, 3.05) is 30.3 Å². The van der Waals surface area contributed by atoms with Crippen molar-refractivity contribution in [3.63, 3.8) is 0 Å². The number of sulfone groups is 1. The van der Waals surface area contributed by atoms with Crippen LogP contribution in [-0.2, 0) is 9.84 Å². The molecule has 1 aromatic carbocycles. The van der Waals surface area contributed by atoms with Crippen LogP contribution in [0, 0.1) is 0 Å². The molecule has 0 saturated heterocycles. The fourth-order valence-corrected chi connectivity index (χ4v) is 3.74. The minimum absolute atomic E-state index is 0.227. The van der Waals surface area contributed by atoms with Crippen LogP contribution in [-0.4, -0.2) is 39.1 Å². The van der Waals surface area contributed by atoms with E-state index in [4.69, 9.17) is 0 Å². The zero-order valence-electron chi connectivity index (χ0n) is 13.2. The number of anilines is 1. The van der Waals surface area contributed by atoms with Crippen LogP contribution in [0.15, 0.2) is 24.3 Å². The fourth-order valence-electron chi connectivity index (χ4n) is 2.79. The lowest BCUT2D eigenvalue weighted by molar-refractivity contribution is 0.492. The Labute approximate surface area is 128 Å². The van der Waals surface area contributed by atoms with Gasteiger partial charge in [0.05, 0.1) is 11.0 Å². The van der Waals surface area contributed by atoms with Crippen molar-refractivity contribution in [1.82, 2.24) is 5.32 Å². The average Bonchev–Trinajstić information content (AvgIpc) is 2.46. The molecule has 2 rings (SSSR count). The summed E-state index contributed by atoms with van der Waals surface area (Å²) < 4.78 is 24.0. The van der Waals surface area contributed by atoms with Crippen LogP contribution >= 0.6 is 0 Å². The Hall–Kier alpha value is -1.07. The molecule has 5 heteroatoms. The molecule has 0 aliphatic carbocycles. The minimum Gasteiger partial charge on any atom is -0.370 e. The number of nitrogens with one attached hydrogen (secondary N) is 1. The molecule has 1 atom stereocenters. The molecule has 118 valence electrons. The summed E-state index contributed by atoms with van der Waals surface area (Å²) in [6.45, 7) is 8.05. The largest absolute Gasteiger partial charge is 0.370 e. The third kappa shape index (κ3) is 3.77. The van der Waals surface area contributed by atoms with E-state index in [0.29, 0.717) is 12.6 Å². The van der Waals surface area contributed by atoms with Crippen molar-refractivity contribution in [3.05, 3.63) is 29.8 Å². The molecule has 0 spiro atoms. The van der Waals surface area contributed by atoms with Gasteiger partial charge in [-0.05, 0) is 38.4 Å². The van der Waals surface area contributed by atoms with Gasteiger partial charge in [-0.2, -0.15) is 0 Å². The highest BCUT2D eigenvalue weighted by atomic mass is 32.2. The van der Waals surface area contributed by atoms with Gasteiger partial charge in [0.25, 0.3) is 0 Å². The van der Waals surface area contributed by atoms with Gasteiger partial charge in [0.2, 0.25) is 0 Å². The number of hydrogen-bond donors (Lipinski definition) is 1. The van der Waals surface area contributed by atoms with Crippen LogP contribution in [0.5, 0.6) is 0 Å². The van der Waals surface area contributed by atoms with Gasteiger partial charge in [-0.25, -0.2) is 8.42 Å². The van der Waals surface area contributed by atoms with E-state index in [1.54, 1.807) is 13.8 Å². The summed E-state index contributed by atoms with van der Waals surface area (Å²) in [5.74, 6) is 0.227. The first-order valence-corrected chi connectivity index (χ1v) is 9.46. The number of hydrogen-bond acceptors (Lipinski definition) is 4. The molecule has 0 bridgehead atoms. The van der Waals surface area contributed by atoms with E-state index in [2.05, 4.69) is 35.3 Å². The Morgan fingerprint density at radius 2 is 2.05 bits per heavy atom. The highest BCUT2D eigenvalue weighted by Gasteiger charge is 2.25. The summed E-state index contributed by atoms with van der Waals surface area (Å²) >= 11 is 0. The zero-order chi connectivity index (χ0) is 15.5. The molecule has 1 N–H and O–H groups in total. The Morgan fingerprint density at radius 3 is 2.71 bits per heavy atom. The molecular formula is C16H26N2O2S. The van der Waals surface area contributed by atoms with E-state index in [1.165, 1.54) is 11.3 Å². The van der Waals surface area contributed by atoms with E-state index >= 15 is 0 Å². The van der Waals surface area contributed by atoms with Gasteiger partial charge in [0.1, 0.15) is 0 Å². The first kappa shape index (κ1) is 16.3. The van der Waals surface area contributed by atoms with E-state index in [0.717, 1.165) is 19.5 Å². The second-order valence-electron chi connectivity index (χ2n) is 5.86. The molecule has 4 nitrogen and oxygen atoms in total. The smallest absolute Gasteiger partial charge is 0.154 e. The molecule has 1 aliphatic rings. The summed E-state index contributed by atoms with van der Waals surface area (Å²) in [5.41, 5.74) is 2.46. The van der Waals surface area contributed by atoms with Gasteiger partial charge < -0.3 is 10.2 Å². The Bertz CT molecular complexity index is 569. The molecule has 1 aromatic rings. The molecule has 0 amide bonds. The molecule has 0 saturated carbocycles. The normalized spacial score (nSPS) is 18.9. The van der Waals surface area contributed by atoms with Crippen molar-refractivity contribution in [2.45, 2.75) is 38.5 Å². The molecule has 1 aliphatic heterocycles. The van der Waals surface area contributed by atoms with Crippen molar-refractivity contribution < 1.29 is 8.42 Å². The molecule has 21 heavy (non-hydrogen) atoms. The van der Waals surface area contributed by atoms with Crippen LogP contribution in [0.1, 0.15) is 38.8 Å². The van der Waals surface area contributed by atoms with Crippen molar-refractivity contribution in [3.8, 4) is 0 Å². The first-order valence-electron chi connectivity index (χ1n) is 7.74. The Balaban J connectivity index is 2.14. The number of para-hydroxylation sites is 1. The second-order valence-corrected chi connectivity index (χ2v) is 8.54. The quantitative estimate of drug-likeness (QED) is 0.876. The van der Waals surface area contributed by atoms with Crippen LogP contribution in [0.4, 0.5) is 5.69 Å². The van der Waals surface area contributed by atoms with Crippen molar-refractivity contribution >= 4 is 15.5 Å². The molecule has 0 fully saturated rings. The average molecular weight is 310 g/mol. The lowest BCUT2D eigenvalue weighted by Crippen LogP contribution is -2.39. The molecular weight excluding hydrogens is 284 g/mol. The van der Waals surface area contributed by atoms with E-state index in [9.17, 15) is 8.42 Å². The van der Waals surface area contributed by atoms with Gasteiger partial charge in [-0.3, -0.25) is 0 Å². The predicted molar refractivity (Wildman–Crippen MR) is 88.6 cm³/mol. The third-order valence-electron chi connectivity index (χ3n) is 4.16. The Kier molecular flexibility index (Phi) is 5.27. The monoisotopic (exact) mass is 310 g/mol. The predicted octanol–water partition coefficient (Wildman–Crippen LogP) is 2.37. The summed E-state index contributed by atoms with van der Waals surface area (Å²) in [5, 5.41) is 3.21. The molecule has 0 radical (unpaired) electrons. The second kappa shape index (κ2) is 6.79. The van der Waals surface area contributed by atoms with Gasteiger partial charge in [-0.15, -0.1) is 0 Å². The molecule has 0 aromatic heterocycles. The maximum absolute atomic E-state index is 12.0. The fraction of sp³-hybridized carbons (Fsp3) is 0.625. The summed E-state index contributed by atoms with van der Waals surface area (Å²) in [7, 11) is -2.98. The number of nitrogens with zero attached hydrogens (tertiary/aromatic N) is 1. The Morgan fingerprint density at radius 1 is 1.33 bits per heavy atom. The lowest BCUT2D eigenvalue weighted by atomic mass is 9.96. The zero-order valence-corrected chi connectivity index (χ0v) is 14.0. The van der Waals surface area contributed by atoms with Crippen molar-refractivity contribution in [2.24, 2.45) is 0 Å². The standard InChI is InChI=1S/C16H26N2O2S/c1-4-17-15-9-10-18(11-12-21(19,20)13(2)3)16-8-6-5-7-14(15)16/h5-8,13,15,17H,4,9-12H2,1-3H3. The maximum Gasteiger partial charge on any atom is 0.154 e. The van der Waals surface area contributed by atoms with E-state index in [-0.39, 0.29) is 11.0 Å². The summed E-state index contributed by atoms with van der Waals surface area (Å²) in [6, 6.07) is 8.70. The van der Waals surface area contributed by atoms with Gasteiger partial charge in [0, 0.05) is 24.8 Å².